The highest BCUT2D eigenvalue weighted by Crippen LogP contribution is 2.26. The van der Waals surface area contributed by atoms with Gasteiger partial charge in [0, 0.05) is 21.0 Å². The summed E-state index contributed by atoms with van der Waals surface area (Å²) in [5.41, 5.74) is 2.43. The molecule has 1 saturated heterocycles. The summed E-state index contributed by atoms with van der Waals surface area (Å²) in [6.07, 6.45) is 2.03. The molecule has 1 aliphatic heterocycles. The maximum absolute atomic E-state index is 12.7. The number of carbonyl (C=O) groups excluding carboxylic acids is 2. The fourth-order valence-corrected chi connectivity index (χ4v) is 3.30. The van der Waals surface area contributed by atoms with Crippen molar-refractivity contribution in [3.8, 4) is 0 Å². The molecule has 6 heteroatoms. The number of aromatic amines is 1. The van der Waals surface area contributed by atoms with Gasteiger partial charge >= 0.3 is 0 Å². The van der Waals surface area contributed by atoms with Crippen LogP contribution in [0.25, 0.3) is 10.9 Å². The Kier molecular flexibility index (Phi) is 3.76. The first-order valence-electron chi connectivity index (χ1n) is 7.58. The maximum Gasteiger partial charge on any atom is 0.256 e. The zero-order chi connectivity index (χ0) is 16.7. The molecular weight excluding hydrogens is 417 g/mol. The number of fused-ring (bicyclic) bond motifs is 1. The third-order valence-corrected chi connectivity index (χ3v) is 4.85. The number of H-pyrrole nitrogens is 1. The number of nitrogens with one attached hydrogen (secondary N) is 2. The number of imide groups is 1. The van der Waals surface area contributed by atoms with E-state index in [0.717, 1.165) is 20.2 Å². The highest BCUT2D eigenvalue weighted by molar-refractivity contribution is 14.1. The number of amides is 2. The van der Waals surface area contributed by atoms with Crippen molar-refractivity contribution in [3.63, 3.8) is 0 Å². The van der Waals surface area contributed by atoms with Crippen molar-refractivity contribution in [2.75, 3.05) is 10.2 Å². The molecule has 24 heavy (non-hydrogen) atoms. The van der Waals surface area contributed by atoms with Crippen LogP contribution in [-0.4, -0.2) is 22.8 Å². The number of nitrogens with zero attached hydrogens (tertiary/aromatic N) is 1. The van der Waals surface area contributed by atoms with Crippen LogP contribution in [0.3, 0.4) is 0 Å². The normalized spacial score (nSPS) is 17.7. The fraction of sp³-hybridized carbons (Fsp3) is 0.111. The van der Waals surface area contributed by atoms with Crippen LogP contribution in [0, 0.1) is 3.57 Å². The Morgan fingerprint density at radius 3 is 2.67 bits per heavy atom. The van der Waals surface area contributed by atoms with Gasteiger partial charge in [0.2, 0.25) is 5.91 Å². The summed E-state index contributed by atoms with van der Waals surface area (Å²) >= 11 is 2.19. The zero-order valence-electron chi connectivity index (χ0n) is 12.6. The van der Waals surface area contributed by atoms with E-state index in [2.05, 4.69) is 32.9 Å². The summed E-state index contributed by atoms with van der Waals surface area (Å²) in [7, 11) is 0. The molecule has 1 unspecified atom stereocenters. The average molecular weight is 431 g/mol. The molecule has 5 nitrogen and oxygen atoms in total. The summed E-state index contributed by atoms with van der Waals surface area (Å²) in [6, 6.07) is 14.7. The largest absolute Gasteiger partial charge is 0.373 e. The van der Waals surface area contributed by atoms with Crippen molar-refractivity contribution in [2.45, 2.75) is 12.5 Å². The van der Waals surface area contributed by atoms with Crippen molar-refractivity contribution in [1.82, 2.24) is 4.98 Å². The first-order chi connectivity index (χ1) is 11.6. The summed E-state index contributed by atoms with van der Waals surface area (Å²) in [6.45, 7) is 0. The maximum atomic E-state index is 12.7. The van der Waals surface area contributed by atoms with Gasteiger partial charge in [-0.1, -0.05) is 6.07 Å². The van der Waals surface area contributed by atoms with Crippen LogP contribution in [0.2, 0.25) is 0 Å². The molecule has 1 fully saturated rings. The average Bonchev–Trinajstić information content (AvgIpc) is 3.13. The Balaban J connectivity index is 1.57. The number of carbonyl (C=O) groups is 2. The molecule has 3 aromatic rings. The van der Waals surface area contributed by atoms with Crippen LogP contribution >= 0.6 is 22.6 Å². The van der Waals surface area contributed by atoms with E-state index in [1.807, 2.05) is 42.6 Å². The summed E-state index contributed by atoms with van der Waals surface area (Å²) in [5, 5.41) is 4.29. The van der Waals surface area contributed by atoms with Crippen LogP contribution < -0.4 is 10.2 Å². The quantitative estimate of drug-likeness (QED) is 0.493. The molecule has 0 aliphatic carbocycles. The van der Waals surface area contributed by atoms with E-state index in [4.69, 9.17) is 0 Å². The van der Waals surface area contributed by atoms with E-state index < -0.39 is 6.04 Å². The lowest BCUT2D eigenvalue weighted by Crippen LogP contribution is -2.34. The van der Waals surface area contributed by atoms with Crippen molar-refractivity contribution in [2.24, 2.45) is 0 Å². The number of halogens is 1. The monoisotopic (exact) mass is 431 g/mol. The van der Waals surface area contributed by atoms with Gasteiger partial charge in [-0.15, -0.1) is 0 Å². The minimum Gasteiger partial charge on any atom is -0.373 e. The number of aromatic nitrogens is 1. The van der Waals surface area contributed by atoms with Crippen LogP contribution in [-0.2, 0) is 9.59 Å². The molecule has 2 amide bonds. The summed E-state index contributed by atoms with van der Waals surface area (Å²) in [4.78, 5) is 29.4. The molecule has 2 aromatic carbocycles. The molecular formula is C18H14IN3O2. The Bertz CT molecular complexity index is 933. The lowest BCUT2D eigenvalue weighted by molar-refractivity contribution is -0.121. The second kappa shape index (κ2) is 5.94. The SMILES string of the molecule is O=C1CC(Nc2ccc3cc[nH]c3c2)C(=O)N1c1ccc(I)cc1. The minimum atomic E-state index is -0.538. The van der Waals surface area contributed by atoms with E-state index in [0.29, 0.717) is 5.69 Å². The van der Waals surface area contributed by atoms with E-state index >= 15 is 0 Å². The topological polar surface area (TPSA) is 65.2 Å². The molecule has 0 bridgehead atoms. The van der Waals surface area contributed by atoms with Gasteiger partial charge in [-0.3, -0.25) is 9.59 Å². The van der Waals surface area contributed by atoms with Gasteiger partial charge in [0.05, 0.1) is 12.1 Å². The predicted molar refractivity (Wildman–Crippen MR) is 102 cm³/mol. The molecule has 2 heterocycles. The van der Waals surface area contributed by atoms with Gasteiger partial charge < -0.3 is 10.3 Å². The molecule has 0 spiro atoms. The van der Waals surface area contributed by atoms with Crippen LogP contribution in [0.5, 0.6) is 0 Å². The Hall–Kier alpha value is -2.35. The first-order valence-corrected chi connectivity index (χ1v) is 8.66. The summed E-state index contributed by atoms with van der Waals surface area (Å²) in [5.74, 6) is -0.396. The number of benzene rings is 2. The van der Waals surface area contributed by atoms with Gasteiger partial charge in [0.25, 0.3) is 5.91 Å². The Morgan fingerprint density at radius 1 is 1.08 bits per heavy atom. The third-order valence-electron chi connectivity index (χ3n) is 4.13. The van der Waals surface area contributed by atoms with Crippen molar-refractivity contribution in [3.05, 3.63) is 58.3 Å². The molecule has 1 aliphatic rings. The van der Waals surface area contributed by atoms with Gasteiger partial charge in [0.1, 0.15) is 6.04 Å². The lowest BCUT2D eigenvalue weighted by Gasteiger charge is -2.16. The van der Waals surface area contributed by atoms with E-state index in [-0.39, 0.29) is 18.2 Å². The van der Waals surface area contributed by atoms with Crippen LogP contribution in [0.1, 0.15) is 6.42 Å². The van der Waals surface area contributed by atoms with E-state index in [9.17, 15) is 9.59 Å². The molecule has 0 saturated carbocycles. The zero-order valence-corrected chi connectivity index (χ0v) is 14.8. The van der Waals surface area contributed by atoms with Gasteiger partial charge in [-0.05, 0) is 70.4 Å². The predicted octanol–water partition coefficient (Wildman–Crippen LogP) is 3.52. The Morgan fingerprint density at radius 2 is 1.88 bits per heavy atom. The van der Waals surface area contributed by atoms with Crippen molar-refractivity contribution < 1.29 is 9.59 Å². The second-order valence-electron chi connectivity index (χ2n) is 5.72. The van der Waals surface area contributed by atoms with E-state index in [1.165, 1.54) is 4.90 Å². The van der Waals surface area contributed by atoms with Crippen molar-refractivity contribution in [1.29, 1.82) is 0 Å². The van der Waals surface area contributed by atoms with Gasteiger partial charge in [-0.25, -0.2) is 4.90 Å². The number of hydrogen-bond acceptors (Lipinski definition) is 3. The van der Waals surface area contributed by atoms with Gasteiger partial charge in [-0.2, -0.15) is 0 Å². The molecule has 1 aromatic heterocycles. The summed E-state index contributed by atoms with van der Waals surface area (Å²) < 4.78 is 1.06. The molecule has 120 valence electrons. The third kappa shape index (κ3) is 2.66. The standard InChI is InChI=1S/C18H14IN3O2/c19-12-2-5-14(6-3-12)22-17(23)10-16(18(22)24)21-13-4-1-11-7-8-20-15(11)9-13/h1-9,16,20-21H,10H2. The number of rotatable bonds is 3. The highest BCUT2D eigenvalue weighted by atomic mass is 127. The second-order valence-corrected chi connectivity index (χ2v) is 6.97. The van der Waals surface area contributed by atoms with Crippen molar-refractivity contribution >= 4 is 56.7 Å². The minimum absolute atomic E-state index is 0.160. The smallest absolute Gasteiger partial charge is 0.256 e. The molecule has 0 radical (unpaired) electrons. The number of hydrogen-bond donors (Lipinski definition) is 2. The lowest BCUT2D eigenvalue weighted by atomic mass is 10.2. The Labute approximate surface area is 152 Å². The van der Waals surface area contributed by atoms with Crippen LogP contribution in [0.15, 0.2) is 54.7 Å². The van der Waals surface area contributed by atoms with Gasteiger partial charge in [0.15, 0.2) is 0 Å². The number of anilines is 2. The first kappa shape index (κ1) is 15.2. The fourth-order valence-electron chi connectivity index (χ4n) is 2.94. The molecule has 1 atom stereocenters. The van der Waals surface area contributed by atoms with E-state index in [1.54, 1.807) is 12.1 Å². The highest BCUT2D eigenvalue weighted by Gasteiger charge is 2.39. The molecule has 4 rings (SSSR count). The molecule has 2 N–H and O–H groups in total. The van der Waals surface area contributed by atoms with Crippen LogP contribution in [0.4, 0.5) is 11.4 Å².